The fourth-order valence-electron chi connectivity index (χ4n) is 1.53. The van der Waals surface area contributed by atoms with Crippen LogP contribution < -0.4 is 4.72 Å². The molecule has 0 amide bonds. The monoisotopic (exact) mass is 259 g/mol. The number of nitrogens with zero attached hydrogens (tertiary/aromatic N) is 2. The molecule has 1 aliphatic rings. The first kappa shape index (κ1) is 12.1. The third kappa shape index (κ3) is 2.64. The van der Waals surface area contributed by atoms with Gasteiger partial charge in [-0.3, -0.25) is 4.79 Å². The van der Waals surface area contributed by atoms with E-state index in [9.17, 15) is 13.2 Å². The summed E-state index contributed by atoms with van der Waals surface area (Å²) >= 11 is 0. The summed E-state index contributed by atoms with van der Waals surface area (Å²) in [5, 5.41) is 8.79. The first-order chi connectivity index (χ1) is 7.90. The number of sulfonamides is 1. The van der Waals surface area contributed by atoms with Gasteiger partial charge in [0.25, 0.3) is 10.0 Å². The van der Waals surface area contributed by atoms with Crippen LogP contribution in [0.25, 0.3) is 0 Å². The Labute approximate surface area is 98.5 Å². The van der Waals surface area contributed by atoms with Gasteiger partial charge in [-0.05, 0) is 18.8 Å². The number of aliphatic carboxylic acids is 1. The van der Waals surface area contributed by atoms with Crippen molar-refractivity contribution in [1.29, 1.82) is 0 Å². The Balaban J connectivity index is 2.18. The van der Waals surface area contributed by atoms with Crippen LogP contribution >= 0.6 is 0 Å². The highest BCUT2D eigenvalue weighted by Gasteiger charge is 2.39. The van der Waals surface area contributed by atoms with Crippen molar-refractivity contribution in [2.24, 2.45) is 13.0 Å². The summed E-state index contributed by atoms with van der Waals surface area (Å²) in [5.41, 5.74) is 0. The molecule has 17 heavy (non-hydrogen) atoms. The zero-order valence-corrected chi connectivity index (χ0v) is 10.0. The number of nitrogens with one attached hydrogen (secondary N) is 1. The molecule has 7 nitrogen and oxygen atoms in total. The van der Waals surface area contributed by atoms with E-state index in [0.717, 1.165) is 12.8 Å². The van der Waals surface area contributed by atoms with Gasteiger partial charge in [0.1, 0.15) is 6.04 Å². The third-order valence-corrected chi connectivity index (χ3v) is 3.92. The van der Waals surface area contributed by atoms with Crippen LogP contribution in [0.1, 0.15) is 12.8 Å². The van der Waals surface area contributed by atoms with Gasteiger partial charge in [0.15, 0.2) is 5.03 Å². The minimum absolute atomic E-state index is 0.106. The molecule has 2 N–H and O–H groups in total. The first-order valence-electron chi connectivity index (χ1n) is 5.13. The van der Waals surface area contributed by atoms with Crippen LogP contribution in [0.3, 0.4) is 0 Å². The van der Waals surface area contributed by atoms with Crippen LogP contribution in [-0.4, -0.2) is 35.1 Å². The molecule has 0 radical (unpaired) electrons. The van der Waals surface area contributed by atoms with Crippen molar-refractivity contribution in [3.05, 3.63) is 12.5 Å². The van der Waals surface area contributed by atoms with Gasteiger partial charge in [-0.2, -0.15) is 4.72 Å². The molecule has 0 aliphatic heterocycles. The van der Waals surface area contributed by atoms with E-state index in [1.54, 1.807) is 7.05 Å². The van der Waals surface area contributed by atoms with Crippen LogP contribution in [0.5, 0.6) is 0 Å². The molecule has 0 saturated heterocycles. The van der Waals surface area contributed by atoms with Gasteiger partial charge in [0, 0.05) is 13.2 Å². The Morgan fingerprint density at radius 2 is 2.29 bits per heavy atom. The first-order valence-corrected chi connectivity index (χ1v) is 6.61. The number of carbonyl (C=O) groups is 1. The lowest BCUT2D eigenvalue weighted by Crippen LogP contribution is -2.42. The molecule has 0 bridgehead atoms. The second kappa shape index (κ2) is 4.11. The molecule has 1 unspecified atom stereocenters. The zero-order chi connectivity index (χ0) is 12.6. The van der Waals surface area contributed by atoms with E-state index in [4.69, 9.17) is 5.11 Å². The van der Waals surface area contributed by atoms with Gasteiger partial charge in [0.05, 0.1) is 6.33 Å². The van der Waals surface area contributed by atoms with Crippen molar-refractivity contribution in [3.8, 4) is 0 Å². The molecular weight excluding hydrogens is 246 g/mol. The van der Waals surface area contributed by atoms with E-state index < -0.39 is 22.0 Å². The summed E-state index contributed by atoms with van der Waals surface area (Å²) in [4.78, 5) is 14.6. The van der Waals surface area contributed by atoms with E-state index in [2.05, 4.69) is 9.71 Å². The van der Waals surface area contributed by atoms with Crippen molar-refractivity contribution < 1.29 is 18.3 Å². The number of hydrogen-bond donors (Lipinski definition) is 2. The number of imidazole rings is 1. The van der Waals surface area contributed by atoms with Crippen molar-refractivity contribution in [3.63, 3.8) is 0 Å². The van der Waals surface area contributed by atoms with Crippen molar-refractivity contribution >= 4 is 16.0 Å². The summed E-state index contributed by atoms with van der Waals surface area (Å²) in [5.74, 6) is -1.25. The van der Waals surface area contributed by atoms with E-state index in [-0.39, 0.29) is 10.9 Å². The van der Waals surface area contributed by atoms with Gasteiger partial charge in [-0.25, -0.2) is 13.4 Å². The normalized spacial score (nSPS) is 17.9. The molecule has 1 aliphatic carbocycles. The summed E-state index contributed by atoms with van der Waals surface area (Å²) in [6.45, 7) is 0. The Kier molecular flexibility index (Phi) is 2.92. The maximum Gasteiger partial charge on any atom is 0.322 e. The second-order valence-corrected chi connectivity index (χ2v) is 5.81. The standard InChI is InChI=1S/C9H13N3O4S/c1-12-4-7(10-5-12)17(15,16)11-8(9(13)14)6-2-3-6/h4-6,8,11H,2-3H2,1H3,(H,13,14). The van der Waals surface area contributed by atoms with Crippen LogP contribution in [-0.2, 0) is 21.9 Å². The van der Waals surface area contributed by atoms with Gasteiger partial charge < -0.3 is 9.67 Å². The minimum atomic E-state index is -3.85. The minimum Gasteiger partial charge on any atom is -0.480 e. The molecule has 1 atom stereocenters. The molecule has 0 spiro atoms. The molecule has 94 valence electrons. The van der Waals surface area contributed by atoms with Crippen LogP contribution in [0.4, 0.5) is 0 Å². The van der Waals surface area contributed by atoms with E-state index in [1.165, 1.54) is 17.1 Å². The number of carboxylic acids is 1. The Morgan fingerprint density at radius 1 is 1.65 bits per heavy atom. The maximum atomic E-state index is 11.8. The van der Waals surface area contributed by atoms with Gasteiger partial charge in [-0.1, -0.05) is 0 Å². The summed E-state index contributed by atoms with van der Waals surface area (Å²) < 4.78 is 27.4. The number of aryl methyl sites for hydroxylation is 1. The van der Waals surface area contributed by atoms with Crippen molar-refractivity contribution in [2.75, 3.05) is 0 Å². The number of hydrogen-bond acceptors (Lipinski definition) is 4. The molecule has 2 rings (SSSR count). The summed E-state index contributed by atoms with van der Waals surface area (Å²) in [6, 6.07) is -1.05. The van der Waals surface area contributed by atoms with E-state index >= 15 is 0 Å². The molecule has 8 heteroatoms. The lowest BCUT2D eigenvalue weighted by atomic mass is 10.2. The quantitative estimate of drug-likeness (QED) is 0.746. The summed E-state index contributed by atoms with van der Waals surface area (Å²) in [7, 11) is -2.21. The van der Waals surface area contributed by atoms with Crippen molar-refractivity contribution in [1.82, 2.24) is 14.3 Å². The predicted molar refractivity (Wildman–Crippen MR) is 57.7 cm³/mol. The second-order valence-electron chi connectivity index (χ2n) is 4.15. The molecule has 1 saturated carbocycles. The smallest absolute Gasteiger partial charge is 0.322 e. The zero-order valence-electron chi connectivity index (χ0n) is 9.20. The van der Waals surface area contributed by atoms with Crippen LogP contribution in [0.2, 0.25) is 0 Å². The van der Waals surface area contributed by atoms with Crippen LogP contribution in [0, 0.1) is 5.92 Å². The molecular formula is C9H13N3O4S. The Morgan fingerprint density at radius 3 is 2.71 bits per heavy atom. The summed E-state index contributed by atoms with van der Waals surface area (Å²) in [6.07, 6.45) is 4.15. The van der Waals surface area contributed by atoms with E-state index in [0.29, 0.717) is 0 Å². The number of carboxylic acid groups (broad SMARTS) is 1. The Bertz CT molecular complexity index is 532. The molecule has 1 aromatic rings. The molecule has 0 aromatic carbocycles. The highest BCUT2D eigenvalue weighted by molar-refractivity contribution is 7.89. The highest BCUT2D eigenvalue weighted by Crippen LogP contribution is 2.33. The fraction of sp³-hybridized carbons (Fsp3) is 0.556. The van der Waals surface area contributed by atoms with E-state index in [1.807, 2.05) is 0 Å². The van der Waals surface area contributed by atoms with Gasteiger partial charge in [-0.15, -0.1) is 0 Å². The highest BCUT2D eigenvalue weighted by atomic mass is 32.2. The fourth-order valence-corrected chi connectivity index (χ4v) is 2.77. The lowest BCUT2D eigenvalue weighted by molar-refractivity contribution is -0.139. The number of rotatable bonds is 5. The average Bonchev–Trinajstić information content (AvgIpc) is 2.96. The lowest BCUT2D eigenvalue weighted by Gasteiger charge is -2.12. The Hall–Kier alpha value is -1.41. The maximum absolute atomic E-state index is 11.8. The SMILES string of the molecule is Cn1cnc(S(=O)(=O)NC(C(=O)O)C2CC2)c1. The van der Waals surface area contributed by atoms with Crippen LogP contribution in [0.15, 0.2) is 17.6 Å². The topological polar surface area (TPSA) is 101 Å². The average molecular weight is 259 g/mol. The van der Waals surface area contributed by atoms with Crippen molar-refractivity contribution in [2.45, 2.75) is 23.9 Å². The predicted octanol–water partition coefficient (Wildman–Crippen LogP) is -0.438. The third-order valence-electron chi connectivity index (χ3n) is 2.60. The number of aromatic nitrogens is 2. The molecule has 1 fully saturated rings. The van der Waals surface area contributed by atoms with Gasteiger partial charge in [0.2, 0.25) is 0 Å². The molecule has 1 heterocycles. The van der Waals surface area contributed by atoms with Gasteiger partial charge >= 0.3 is 5.97 Å². The molecule has 1 aromatic heterocycles. The largest absolute Gasteiger partial charge is 0.480 e.